The Morgan fingerprint density at radius 1 is 1.05 bits per heavy atom. The summed E-state index contributed by atoms with van der Waals surface area (Å²) in [4.78, 5) is 0. The fourth-order valence-corrected chi connectivity index (χ4v) is 2.60. The lowest BCUT2D eigenvalue weighted by Crippen LogP contribution is -2.05. The molecule has 0 unspecified atom stereocenters. The normalized spacial score (nSPS) is 10.9. The molecule has 0 aliphatic heterocycles. The average molecular weight is 271 g/mol. The number of hydrogen-bond acceptors (Lipinski definition) is 2. The molecule has 0 fully saturated rings. The Hall–Kier alpha value is -1.25. The second kappa shape index (κ2) is 6.78. The van der Waals surface area contributed by atoms with Crippen LogP contribution in [0.4, 0.5) is 0 Å². The van der Waals surface area contributed by atoms with E-state index in [1.54, 1.807) is 0 Å². The lowest BCUT2D eigenvalue weighted by Gasteiger charge is -2.15. The maximum absolute atomic E-state index is 10.4. The van der Waals surface area contributed by atoms with E-state index in [1.807, 2.05) is 54.2 Å². The molecule has 0 spiro atoms. The molecule has 0 bridgehead atoms. The molecule has 0 saturated carbocycles. The van der Waals surface area contributed by atoms with Gasteiger partial charge in [-0.3, -0.25) is 0 Å². The third kappa shape index (κ3) is 3.40. The van der Waals surface area contributed by atoms with Crippen LogP contribution in [0.5, 0.6) is 0 Å². The Morgan fingerprint density at radius 3 is 2.47 bits per heavy atom. The highest BCUT2D eigenvalue weighted by molar-refractivity contribution is 7.98. The van der Waals surface area contributed by atoms with Crippen LogP contribution in [0.3, 0.4) is 0 Å². The molecular formula is C17H19OS. The van der Waals surface area contributed by atoms with Gasteiger partial charge in [0.15, 0.2) is 6.10 Å². The number of aryl methyl sites for hydroxylation is 1. The Kier molecular flexibility index (Phi) is 5.06. The molecule has 2 heteroatoms. The number of hydrogen-bond donors (Lipinski definition) is 1. The van der Waals surface area contributed by atoms with Crippen LogP contribution in [-0.4, -0.2) is 17.1 Å². The van der Waals surface area contributed by atoms with Gasteiger partial charge in [0.1, 0.15) is 0 Å². The van der Waals surface area contributed by atoms with Crippen LogP contribution in [0, 0.1) is 13.0 Å². The van der Waals surface area contributed by atoms with Gasteiger partial charge >= 0.3 is 0 Å². The van der Waals surface area contributed by atoms with Gasteiger partial charge in [0.2, 0.25) is 0 Å². The van der Waals surface area contributed by atoms with E-state index in [9.17, 15) is 5.11 Å². The SMILES string of the molecule is CSCCc1cccc([C](O)c2ccccc2)c1C. The minimum atomic E-state index is 0.365. The van der Waals surface area contributed by atoms with Crippen molar-refractivity contribution in [1.82, 2.24) is 0 Å². The summed E-state index contributed by atoms with van der Waals surface area (Å²) in [5.74, 6) is 1.11. The molecular weight excluding hydrogens is 252 g/mol. The van der Waals surface area contributed by atoms with E-state index < -0.39 is 0 Å². The van der Waals surface area contributed by atoms with Gasteiger partial charge in [-0.05, 0) is 47.6 Å². The molecule has 0 amide bonds. The lowest BCUT2D eigenvalue weighted by atomic mass is 9.93. The molecule has 99 valence electrons. The van der Waals surface area contributed by atoms with E-state index in [0.29, 0.717) is 6.10 Å². The van der Waals surface area contributed by atoms with Crippen LogP contribution in [0.25, 0.3) is 0 Å². The van der Waals surface area contributed by atoms with Crippen molar-refractivity contribution in [2.45, 2.75) is 13.3 Å². The highest BCUT2D eigenvalue weighted by atomic mass is 32.2. The van der Waals surface area contributed by atoms with Crippen LogP contribution >= 0.6 is 11.8 Å². The topological polar surface area (TPSA) is 20.2 Å². The zero-order valence-electron chi connectivity index (χ0n) is 11.4. The molecule has 0 heterocycles. The summed E-state index contributed by atoms with van der Waals surface area (Å²) in [5.41, 5.74) is 4.30. The van der Waals surface area contributed by atoms with E-state index in [4.69, 9.17) is 0 Å². The fourth-order valence-electron chi connectivity index (χ4n) is 2.17. The summed E-state index contributed by atoms with van der Waals surface area (Å²) in [6.07, 6.45) is 3.53. The minimum absolute atomic E-state index is 0.365. The summed E-state index contributed by atoms with van der Waals surface area (Å²) in [5, 5.41) is 10.4. The van der Waals surface area contributed by atoms with E-state index in [-0.39, 0.29) is 0 Å². The number of aliphatic hydroxyl groups is 1. The van der Waals surface area contributed by atoms with Crippen molar-refractivity contribution in [1.29, 1.82) is 0 Å². The third-order valence-corrected chi connectivity index (χ3v) is 3.94. The maximum atomic E-state index is 10.4. The Bertz CT molecular complexity index is 522. The number of thioether (sulfide) groups is 1. The van der Waals surface area contributed by atoms with Crippen LogP contribution in [0.15, 0.2) is 48.5 Å². The molecule has 19 heavy (non-hydrogen) atoms. The fraction of sp³-hybridized carbons (Fsp3) is 0.235. The van der Waals surface area contributed by atoms with Crippen LogP contribution in [-0.2, 0) is 6.42 Å². The molecule has 0 aliphatic rings. The van der Waals surface area contributed by atoms with Crippen molar-refractivity contribution in [3.05, 3.63) is 76.9 Å². The summed E-state index contributed by atoms with van der Waals surface area (Å²) < 4.78 is 0. The third-order valence-electron chi connectivity index (χ3n) is 3.32. The minimum Gasteiger partial charge on any atom is -0.377 e. The van der Waals surface area contributed by atoms with Crippen LogP contribution in [0.1, 0.15) is 22.3 Å². The summed E-state index contributed by atoms with van der Waals surface area (Å²) in [6.45, 7) is 2.09. The summed E-state index contributed by atoms with van der Waals surface area (Å²) in [7, 11) is 0. The highest BCUT2D eigenvalue weighted by Gasteiger charge is 2.15. The van der Waals surface area contributed by atoms with Crippen molar-refractivity contribution >= 4 is 11.8 Å². The first kappa shape index (κ1) is 14.2. The molecule has 0 aromatic heterocycles. The van der Waals surface area contributed by atoms with Gasteiger partial charge < -0.3 is 5.11 Å². The van der Waals surface area contributed by atoms with Crippen molar-refractivity contribution in [3.63, 3.8) is 0 Å². The first-order chi connectivity index (χ1) is 9.24. The largest absolute Gasteiger partial charge is 0.377 e. The number of aliphatic hydroxyl groups excluding tert-OH is 1. The van der Waals surface area contributed by atoms with E-state index in [1.165, 1.54) is 11.1 Å². The van der Waals surface area contributed by atoms with Crippen LogP contribution in [0.2, 0.25) is 0 Å². The van der Waals surface area contributed by atoms with Gasteiger partial charge in [0.25, 0.3) is 0 Å². The number of benzene rings is 2. The van der Waals surface area contributed by atoms with Gasteiger partial charge in [-0.15, -0.1) is 0 Å². The van der Waals surface area contributed by atoms with Crippen LogP contribution < -0.4 is 0 Å². The summed E-state index contributed by atoms with van der Waals surface area (Å²) >= 11 is 1.85. The zero-order chi connectivity index (χ0) is 13.7. The van der Waals surface area contributed by atoms with Crippen molar-refractivity contribution in [2.24, 2.45) is 0 Å². The molecule has 0 saturated heterocycles. The zero-order valence-corrected chi connectivity index (χ0v) is 12.2. The van der Waals surface area contributed by atoms with E-state index in [0.717, 1.165) is 23.3 Å². The average Bonchev–Trinajstić information content (AvgIpc) is 2.46. The second-order valence-corrected chi connectivity index (χ2v) is 5.53. The van der Waals surface area contributed by atoms with Gasteiger partial charge in [-0.25, -0.2) is 0 Å². The first-order valence-electron chi connectivity index (χ1n) is 6.43. The highest BCUT2D eigenvalue weighted by Crippen LogP contribution is 2.26. The predicted octanol–water partition coefficient (Wildman–Crippen LogP) is 4.20. The van der Waals surface area contributed by atoms with Gasteiger partial charge in [0.05, 0.1) is 0 Å². The maximum Gasteiger partial charge on any atom is 0.152 e. The molecule has 1 N–H and O–H groups in total. The smallest absolute Gasteiger partial charge is 0.152 e. The molecule has 0 aliphatic carbocycles. The monoisotopic (exact) mass is 271 g/mol. The quantitative estimate of drug-likeness (QED) is 0.879. The Morgan fingerprint density at radius 2 is 1.79 bits per heavy atom. The Balaban J connectivity index is 2.29. The lowest BCUT2D eigenvalue weighted by molar-refractivity contribution is 0.355. The van der Waals surface area contributed by atoms with Crippen molar-refractivity contribution < 1.29 is 5.11 Å². The molecule has 1 radical (unpaired) electrons. The molecule has 2 aromatic carbocycles. The molecule has 2 rings (SSSR count). The standard InChI is InChI=1S/C17H19OS/c1-13-14(11-12-19-2)9-6-10-16(13)17(18)15-7-4-3-5-8-15/h3-10,18H,11-12H2,1-2H3. The molecule has 2 aromatic rings. The molecule has 0 atom stereocenters. The Labute approximate surface area is 119 Å². The second-order valence-electron chi connectivity index (χ2n) is 4.55. The van der Waals surface area contributed by atoms with Gasteiger partial charge in [-0.1, -0.05) is 48.5 Å². The van der Waals surface area contributed by atoms with E-state index >= 15 is 0 Å². The van der Waals surface area contributed by atoms with Gasteiger partial charge in [0, 0.05) is 0 Å². The number of rotatable bonds is 5. The van der Waals surface area contributed by atoms with Crippen molar-refractivity contribution in [2.75, 3.05) is 12.0 Å². The van der Waals surface area contributed by atoms with E-state index in [2.05, 4.69) is 19.2 Å². The van der Waals surface area contributed by atoms with Crippen molar-refractivity contribution in [3.8, 4) is 0 Å². The summed E-state index contributed by atoms with van der Waals surface area (Å²) in [6, 6.07) is 15.9. The molecule has 1 nitrogen and oxygen atoms in total. The predicted molar refractivity (Wildman–Crippen MR) is 83.1 cm³/mol. The van der Waals surface area contributed by atoms with Gasteiger partial charge in [-0.2, -0.15) is 11.8 Å². The first-order valence-corrected chi connectivity index (χ1v) is 7.82.